The van der Waals surface area contributed by atoms with Crippen LogP contribution in [0.4, 0.5) is 0 Å². The van der Waals surface area contributed by atoms with Crippen LogP contribution < -0.4 is 0 Å². The monoisotopic (exact) mass is 430 g/mol. The Morgan fingerprint density at radius 2 is 1.27 bits per heavy atom. The summed E-state index contributed by atoms with van der Waals surface area (Å²) in [6.07, 6.45) is 21.3. The van der Waals surface area contributed by atoms with Crippen molar-refractivity contribution < 1.29 is 9.53 Å². The van der Waals surface area contributed by atoms with Crippen molar-refractivity contribution in [3.63, 3.8) is 0 Å². The van der Waals surface area contributed by atoms with E-state index in [0.717, 1.165) is 24.6 Å². The minimum atomic E-state index is -0.124. The third kappa shape index (κ3) is 18.5. The van der Waals surface area contributed by atoms with Gasteiger partial charge in [0, 0.05) is 11.4 Å². The molecule has 3 heteroatoms. The van der Waals surface area contributed by atoms with E-state index in [1.54, 1.807) is 6.08 Å². The molecule has 0 aromatic heterocycles. The number of carbonyl (C=O) groups excluding carboxylic acids is 1. The average molecular weight is 431 g/mol. The number of halogens is 1. The molecule has 0 saturated carbocycles. The van der Waals surface area contributed by atoms with Crippen molar-refractivity contribution in [1.29, 1.82) is 0 Å². The van der Waals surface area contributed by atoms with Gasteiger partial charge in [-0.2, -0.15) is 0 Å². The molecule has 0 aliphatic rings. The fraction of sp³-hybridized carbons (Fsp3) is 0.870. The minimum Gasteiger partial charge on any atom is -0.463 e. The van der Waals surface area contributed by atoms with Crippen molar-refractivity contribution in [2.45, 2.75) is 117 Å². The number of unbranched alkanes of at least 4 members (excludes halogenated alkanes) is 11. The summed E-state index contributed by atoms with van der Waals surface area (Å²) in [5, 5.41) is 1.13. The Bertz CT molecular complexity index is 339. The second-order valence-corrected chi connectivity index (χ2v) is 8.19. The zero-order valence-electron chi connectivity index (χ0n) is 17.5. The Morgan fingerprint density at radius 3 is 1.88 bits per heavy atom. The maximum Gasteiger partial charge on any atom is 0.330 e. The van der Waals surface area contributed by atoms with Crippen molar-refractivity contribution in [2.75, 3.05) is 11.9 Å². The molecule has 0 unspecified atom stereocenters. The van der Waals surface area contributed by atoms with E-state index < -0.39 is 0 Å². The van der Waals surface area contributed by atoms with E-state index in [4.69, 9.17) is 4.74 Å². The van der Waals surface area contributed by atoms with Gasteiger partial charge < -0.3 is 4.74 Å². The van der Waals surface area contributed by atoms with Gasteiger partial charge in [-0.25, -0.2) is 4.79 Å². The van der Waals surface area contributed by atoms with E-state index >= 15 is 0 Å². The molecule has 0 heterocycles. The summed E-state index contributed by atoms with van der Waals surface area (Å²) >= 11 is 3.47. The Hall–Kier alpha value is -0.310. The summed E-state index contributed by atoms with van der Waals surface area (Å²) in [6, 6.07) is 0. The fourth-order valence-corrected chi connectivity index (χ4v) is 3.49. The van der Waals surface area contributed by atoms with E-state index in [-0.39, 0.29) is 5.97 Å². The molecule has 0 fully saturated rings. The maximum atomic E-state index is 12.0. The van der Waals surface area contributed by atoms with Crippen molar-refractivity contribution in [1.82, 2.24) is 0 Å². The Morgan fingerprint density at radius 1 is 0.731 bits per heavy atom. The molecule has 0 N–H and O–H groups in total. The molecular formula is C23H43BrO2. The van der Waals surface area contributed by atoms with Gasteiger partial charge in [0.1, 0.15) is 0 Å². The van der Waals surface area contributed by atoms with Crippen LogP contribution in [0.25, 0.3) is 0 Å². The van der Waals surface area contributed by atoms with E-state index in [9.17, 15) is 4.79 Å². The molecule has 0 aromatic carbocycles. The summed E-state index contributed by atoms with van der Waals surface area (Å²) in [5.41, 5.74) is 1.29. The lowest BCUT2D eigenvalue weighted by atomic mass is 10.0. The van der Waals surface area contributed by atoms with E-state index in [1.165, 1.54) is 89.0 Å². The molecular weight excluding hydrogens is 388 g/mol. The lowest BCUT2D eigenvalue weighted by Gasteiger charge is -2.08. The van der Waals surface area contributed by atoms with Crippen LogP contribution in [0.15, 0.2) is 11.6 Å². The predicted octanol–water partition coefficient (Wildman–Crippen LogP) is 8.13. The average Bonchev–Trinajstić information content (AvgIpc) is 2.64. The molecule has 154 valence electrons. The molecule has 0 rings (SSSR count). The van der Waals surface area contributed by atoms with Gasteiger partial charge in [-0.3, -0.25) is 0 Å². The number of hydrogen-bond acceptors (Lipinski definition) is 2. The summed E-state index contributed by atoms with van der Waals surface area (Å²) < 4.78 is 5.42. The van der Waals surface area contributed by atoms with Gasteiger partial charge in [-0.15, -0.1) is 0 Å². The van der Waals surface area contributed by atoms with E-state index in [1.807, 2.05) is 0 Å². The lowest BCUT2D eigenvalue weighted by molar-refractivity contribution is -0.137. The van der Waals surface area contributed by atoms with Gasteiger partial charge in [0.15, 0.2) is 0 Å². The number of esters is 1. The van der Waals surface area contributed by atoms with Crippen LogP contribution in [0.2, 0.25) is 0 Å². The molecule has 0 spiro atoms. The second-order valence-electron chi connectivity index (χ2n) is 7.40. The fourth-order valence-electron chi connectivity index (χ4n) is 3.09. The van der Waals surface area contributed by atoms with Gasteiger partial charge in [0.25, 0.3) is 0 Å². The Balaban J connectivity index is 3.79. The molecule has 0 amide bonds. The number of rotatable bonds is 19. The van der Waals surface area contributed by atoms with Crippen LogP contribution in [-0.2, 0) is 9.53 Å². The van der Waals surface area contributed by atoms with Gasteiger partial charge in [-0.1, -0.05) is 99.6 Å². The van der Waals surface area contributed by atoms with Crippen LogP contribution in [0.5, 0.6) is 0 Å². The molecule has 2 nitrogen and oxygen atoms in total. The number of allylic oxidation sites excluding steroid dienone is 1. The highest BCUT2D eigenvalue weighted by atomic mass is 79.9. The van der Waals surface area contributed by atoms with Gasteiger partial charge in [-0.05, 0) is 38.5 Å². The number of carbonyl (C=O) groups is 1. The first-order chi connectivity index (χ1) is 12.7. The summed E-state index contributed by atoms with van der Waals surface area (Å²) in [5.74, 6) is -0.124. The molecule has 0 bridgehead atoms. The SMILES string of the molecule is CCCCCC/C(=C/C(=O)OCCCCCCCCCCBr)CCCC. The van der Waals surface area contributed by atoms with Crippen LogP contribution >= 0.6 is 15.9 Å². The minimum absolute atomic E-state index is 0.124. The Labute approximate surface area is 171 Å². The van der Waals surface area contributed by atoms with Crippen LogP contribution in [0.1, 0.15) is 117 Å². The Kier molecular flexibility index (Phi) is 20.7. The topological polar surface area (TPSA) is 26.3 Å². The highest BCUT2D eigenvalue weighted by Gasteiger charge is 2.04. The standard InChI is InChI=1S/C23H43BrO2/c1-3-5-7-14-18-22(17-6-4-2)21-23(25)26-20-16-13-11-9-8-10-12-15-19-24/h21H,3-20H2,1-2H3/b22-21+. The molecule has 0 aromatic rings. The van der Waals surface area contributed by atoms with Gasteiger partial charge >= 0.3 is 5.97 Å². The molecule has 0 aliphatic carbocycles. The van der Waals surface area contributed by atoms with Gasteiger partial charge in [0.2, 0.25) is 0 Å². The first kappa shape index (κ1) is 25.7. The zero-order valence-corrected chi connectivity index (χ0v) is 19.1. The maximum absolute atomic E-state index is 12.0. The molecule has 26 heavy (non-hydrogen) atoms. The normalized spacial score (nSPS) is 11.7. The third-order valence-electron chi connectivity index (χ3n) is 4.80. The molecule has 0 atom stereocenters. The molecule has 0 radical (unpaired) electrons. The van der Waals surface area contributed by atoms with Crippen LogP contribution in [0, 0.1) is 0 Å². The highest BCUT2D eigenvalue weighted by Crippen LogP contribution is 2.17. The zero-order chi connectivity index (χ0) is 19.3. The van der Waals surface area contributed by atoms with Crippen molar-refractivity contribution >= 4 is 21.9 Å². The van der Waals surface area contributed by atoms with Crippen molar-refractivity contribution in [3.05, 3.63) is 11.6 Å². The van der Waals surface area contributed by atoms with Crippen LogP contribution in [0.3, 0.4) is 0 Å². The van der Waals surface area contributed by atoms with Crippen molar-refractivity contribution in [3.8, 4) is 0 Å². The van der Waals surface area contributed by atoms with Gasteiger partial charge in [0.05, 0.1) is 6.61 Å². The number of hydrogen-bond donors (Lipinski definition) is 0. The van der Waals surface area contributed by atoms with Crippen molar-refractivity contribution in [2.24, 2.45) is 0 Å². The first-order valence-corrected chi connectivity index (χ1v) is 12.3. The lowest BCUT2D eigenvalue weighted by Crippen LogP contribution is -2.04. The van der Waals surface area contributed by atoms with E-state index in [2.05, 4.69) is 29.8 Å². The summed E-state index contributed by atoms with van der Waals surface area (Å²) in [6.45, 7) is 5.01. The molecule has 0 saturated heterocycles. The summed E-state index contributed by atoms with van der Waals surface area (Å²) in [4.78, 5) is 12.0. The number of alkyl halides is 1. The third-order valence-corrected chi connectivity index (χ3v) is 5.36. The largest absolute Gasteiger partial charge is 0.463 e. The second kappa shape index (κ2) is 21.0. The first-order valence-electron chi connectivity index (χ1n) is 11.2. The quantitative estimate of drug-likeness (QED) is 0.0893. The van der Waals surface area contributed by atoms with E-state index in [0.29, 0.717) is 6.61 Å². The number of ether oxygens (including phenoxy) is 1. The summed E-state index contributed by atoms with van der Waals surface area (Å²) in [7, 11) is 0. The van der Waals surface area contributed by atoms with Crippen LogP contribution in [-0.4, -0.2) is 17.9 Å². The molecule has 0 aliphatic heterocycles. The smallest absolute Gasteiger partial charge is 0.330 e. The highest BCUT2D eigenvalue weighted by molar-refractivity contribution is 9.09. The predicted molar refractivity (Wildman–Crippen MR) is 118 cm³/mol.